The first kappa shape index (κ1) is 26.0. The zero-order chi connectivity index (χ0) is 23.3. The van der Waals surface area contributed by atoms with Gasteiger partial charge in [-0.15, -0.1) is 0 Å². The molecule has 0 bridgehead atoms. The minimum Gasteiger partial charge on any atom is -0.334 e. The van der Waals surface area contributed by atoms with Crippen LogP contribution in [-0.4, -0.2) is 16.3 Å². The maximum atomic E-state index is 5.80. The van der Waals surface area contributed by atoms with Gasteiger partial charge in [-0.1, -0.05) is 123 Å². The summed E-state index contributed by atoms with van der Waals surface area (Å²) < 4.78 is 1.93. The zero-order valence-corrected chi connectivity index (χ0v) is 21.0. The van der Waals surface area contributed by atoms with E-state index in [0.717, 1.165) is 12.9 Å². The number of allylic oxidation sites excluding steroid dienone is 2. The van der Waals surface area contributed by atoms with E-state index in [9.17, 15) is 0 Å². The summed E-state index contributed by atoms with van der Waals surface area (Å²) in [5.41, 5.74) is 8.65. The molecule has 0 aliphatic rings. The van der Waals surface area contributed by atoms with Gasteiger partial charge in [-0.05, 0) is 34.8 Å². The molecule has 3 rings (SSSR count). The van der Waals surface area contributed by atoms with E-state index in [-0.39, 0.29) is 0 Å². The molecule has 168 valence electrons. The number of rotatable bonds is 8. The third-order valence-corrected chi connectivity index (χ3v) is 5.74. The van der Waals surface area contributed by atoms with Crippen molar-refractivity contribution >= 4 is 40.8 Å². The summed E-state index contributed by atoms with van der Waals surface area (Å²) in [6, 6.07) is 17.9. The van der Waals surface area contributed by atoms with Crippen LogP contribution in [0.15, 0.2) is 90.5 Å². The van der Waals surface area contributed by atoms with Crippen LogP contribution in [0.2, 0.25) is 6.32 Å². The van der Waals surface area contributed by atoms with Crippen LogP contribution < -0.4 is 10.9 Å². The molecule has 0 spiro atoms. The number of aromatic nitrogens is 2. The molecule has 32 heavy (non-hydrogen) atoms. The highest BCUT2D eigenvalue weighted by Crippen LogP contribution is 2.15. The van der Waals surface area contributed by atoms with Gasteiger partial charge in [-0.25, -0.2) is 4.98 Å². The Kier molecular flexibility index (Phi) is 11.4. The Balaban J connectivity index is 0.000000336. The van der Waals surface area contributed by atoms with Gasteiger partial charge in [0.1, 0.15) is 0 Å². The van der Waals surface area contributed by atoms with Crippen LogP contribution in [0.25, 0.3) is 0 Å². The molecule has 0 N–H and O–H groups in total. The number of nitrogens with zero attached hydrogens (tertiary/aromatic N) is 2. The van der Waals surface area contributed by atoms with E-state index >= 15 is 0 Å². The number of benzene rings is 2. The Morgan fingerprint density at radius 1 is 0.875 bits per heavy atom. The molecule has 0 atom stereocenters. The molecule has 0 saturated heterocycles. The molecular weight excluding hydrogens is 434 g/mol. The standard InChI is InChI=1S/C21H26BCl.C6H7ClN2/c1-16(2)18-8-5-10-20(14-18)22(12-7-13-23)21-11-6-9-19(15-21)17(3)4;7-2-1-4-9-5-3-8-6-9/h5-11,13-17H,12H2,1-4H3;1-3,5-6H,4H2. The minimum atomic E-state index is 0.349. The average molecular weight is 467 g/mol. The van der Waals surface area contributed by atoms with E-state index in [1.165, 1.54) is 27.6 Å². The SMILES string of the molecule is CC(C)c1cccc(B(CC=CCl)c2cccc(C(C)C)c2)c1.ClC=CCn1ccnc1. The van der Waals surface area contributed by atoms with Crippen molar-refractivity contribution in [3.8, 4) is 0 Å². The minimum absolute atomic E-state index is 0.349. The molecule has 0 fully saturated rings. The fraction of sp³-hybridized carbons (Fsp3) is 0.296. The molecule has 2 nitrogen and oxygen atoms in total. The monoisotopic (exact) mass is 466 g/mol. The van der Waals surface area contributed by atoms with Gasteiger partial charge in [0.05, 0.1) is 6.33 Å². The number of hydrogen-bond acceptors (Lipinski definition) is 1. The van der Waals surface area contributed by atoms with Gasteiger partial charge in [-0.2, -0.15) is 0 Å². The van der Waals surface area contributed by atoms with Gasteiger partial charge < -0.3 is 4.57 Å². The Morgan fingerprint density at radius 3 is 1.88 bits per heavy atom. The van der Waals surface area contributed by atoms with Gasteiger partial charge in [0.15, 0.2) is 0 Å². The maximum Gasteiger partial charge on any atom is 0.213 e. The van der Waals surface area contributed by atoms with Crippen LogP contribution >= 0.6 is 23.2 Å². The summed E-state index contributed by atoms with van der Waals surface area (Å²) in [5.74, 6) is 1.09. The first-order chi connectivity index (χ1) is 15.5. The lowest BCUT2D eigenvalue weighted by Gasteiger charge is -2.17. The van der Waals surface area contributed by atoms with E-state index in [1.807, 2.05) is 16.8 Å². The van der Waals surface area contributed by atoms with Crippen LogP contribution in [0.5, 0.6) is 0 Å². The molecular formula is C27H33BCl2N2. The highest BCUT2D eigenvalue weighted by atomic mass is 35.5. The van der Waals surface area contributed by atoms with E-state index in [0.29, 0.717) is 18.5 Å². The summed E-state index contributed by atoms with van der Waals surface area (Å²) in [7, 11) is 0. The lowest BCUT2D eigenvalue weighted by Crippen LogP contribution is -2.42. The summed E-state index contributed by atoms with van der Waals surface area (Å²) >= 11 is 11.1. The topological polar surface area (TPSA) is 17.8 Å². The maximum absolute atomic E-state index is 5.80. The van der Waals surface area contributed by atoms with Gasteiger partial charge in [-0.3, -0.25) is 0 Å². The molecule has 0 radical (unpaired) electrons. The van der Waals surface area contributed by atoms with Crippen molar-refractivity contribution in [3.63, 3.8) is 0 Å². The Hall–Kier alpha value is -2.23. The number of hydrogen-bond donors (Lipinski definition) is 0. The van der Waals surface area contributed by atoms with Crippen molar-refractivity contribution in [1.82, 2.24) is 9.55 Å². The third kappa shape index (κ3) is 8.37. The van der Waals surface area contributed by atoms with E-state index < -0.39 is 0 Å². The van der Waals surface area contributed by atoms with Crippen LogP contribution in [0, 0.1) is 0 Å². The van der Waals surface area contributed by atoms with Crippen LogP contribution in [0.1, 0.15) is 50.7 Å². The molecule has 3 aromatic rings. The summed E-state index contributed by atoms with van der Waals surface area (Å²) in [4.78, 5) is 3.86. The average Bonchev–Trinajstić information content (AvgIpc) is 3.32. The molecule has 1 aromatic heterocycles. The highest BCUT2D eigenvalue weighted by Gasteiger charge is 2.19. The largest absolute Gasteiger partial charge is 0.334 e. The number of halogens is 2. The number of imidazole rings is 1. The summed E-state index contributed by atoms with van der Waals surface area (Å²) in [6.45, 7) is 10.1. The van der Waals surface area contributed by atoms with Gasteiger partial charge >= 0.3 is 0 Å². The predicted molar refractivity (Wildman–Crippen MR) is 143 cm³/mol. The van der Waals surface area contributed by atoms with Crippen molar-refractivity contribution in [3.05, 3.63) is 102 Å². The molecule has 0 aliphatic carbocycles. The lowest BCUT2D eigenvalue weighted by atomic mass is 9.38. The van der Waals surface area contributed by atoms with Crippen LogP contribution in [0.3, 0.4) is 0 Å². The molecule has 0 aliphatic heterocycles. The fourth-order valence-electron chi connectivity index (χ4n) is 3.48. The Bertz CT molecular complexity index is 927. The van der Waals surface area contributed by atoms with Crippen molar-refractivity contribution < 1.29 is 0 Å². The smallest absolute Gasteiger partial charge is 0.213 e. The molecule has 5 heteroatoms. The Morgan fingerprint density at radius 2 is 1.44 bits per heavy atom. The summed E-state index contributed by atoms with van der Waals surface area (Å²) in [5, 5.41) is 0. The second kappa shape index (κ2) is 14.0. The molecule has 1 heterocycles. The Labute approximate surface area is 204 Å². The third-order valence-electron chi connectivity index (χ3n) is 5.38. The van der Waals surface area contributed by atoms with E-state index in [4.69, 9.17) is 23.2 Å². The fourth-order valence-corrected chi connectivity index (χ4v) is 3.66. The van der Waals surface area contributed by atoms with Gasteiger partial charge in [0.25, 0.3) is 0 Å². The van der Waals surface area contributed by atoms with Gasteiger partial charge in [0.2, 0.25) is 6.71 Å². The predicted octanol–water partition coefficient (Wildman–Crippen LogP) is 6.93. The second-order valence-corrected chi connectivity index (χ2v) is 8.92. The van der Waals surface area contributed by atoms with Crippen molar-refractivity contribution in [2.75, 3.05) is 0 Å². The van der Waals surface area contributed by atoms with E-state index in [1.54, 1.807) is 18.1 Å². The van der Waals surface area contributed by atoms with Crippen molar-refractivity contribution in [1.29, 1.82) is 0 Å². The highest BCUT2D eigenvalue weighted by molar-refractivity contribution is 6.85. The lowest BCUT2D eigenvalue weighted by molar-refractivity contribution is 0.821. The van der Waals surface area contributed by atoms with Gasteiger partial charge in [0, 0.05) is 24.5 Å². The van der Waals surface area contributed by atoms with Crippen molar-refractivity contribution in [2.45, 2.75) is 52.4 Å². The summed E-state index contributed by atoms with van der Waals surface area (Å²) in [6.07, 6.45) is 10.2. The second-order valence-electron chi connectivity index (χ2n) is 8.42. The normalized spacial score (nSPS) is 11.4. The first-order valence-electron chi connectivity index (χ1n) is 11.1. The van der Waals surface area contributed by atoms with E-state index in [2.05, 4.69) is 87.3 Å². The molecule has 0 amide bonds. The van der Waals surface area contributed by atoms with Crippen LogP contribution in [-0.2, 0) is 6.54 Å². The molecule has 0 saturated carbocycles. The molecule has 0 unspecified atom stereocenters. The zero-order valence-electron chi connectivity index (χ0n) is 19.5. The molecule has 2 aromatic carbocycles. The first-order valence-corrected chi connectivity index (χ1v) is 12.0. The van der Waals surface area contributed by atoms with Crippen molar-refractivity contribution in [2.24, 2.45) is 0 Å². The van der Waals surface area contributed by atoms with Crippen LogP contribution in [0.4, 0.5) is 0 Å². The quantitative estimate of drug-likeness (QED) is 0.329.